The van der Waals surface area contributed by atoms with Crippen molar-refractivity contribution < 1.29 is 4.79 Å². The Hall–Kier alpha value is -5.15. The molecule has 0 saturated carbocycles. The number of nitrogens with one attached hydrogen (secondary N) is 3. The third-order valence-corrected chi connectivity index (χ3v) is 7.24. The average Bonchev–Trinajstić information content (AvgIpc) is 3.73. The van der Waals surface area contributed by atoms with Gasteiger partial charge in [-0.3, -0.25) is 14.9 Å². The highest BCUT2D eigenvalue weighted by atomic mass is 32.1. The van der Waals surface area contributed by atoms with Crippen molar-refractivity contribution in [1.29, 1.82) is 0 Å². The van der Waals surface area contributed by atoms with Gasteiger partial charge in [0.05, 0.1) is 35.2 Å². The van der Waals surface area contributed by atoms with Gasteiger partial charge >= 0.3 is 0 Å². The number of anilines is 1. The van der Waals surface area contributed by atoms with E-state index < -0.39 is 0 Å². The van der Waals surface area contributed by atoms with E-state index in [1.54, 1.807) is 23.7 Å². The molecule has 0 bridgehead atoms. The molecule has 3 N–H and O–H groups in total. The van der Waals surface area contributed by atoms with Gasteiger partial charge in [-0.1, -0.05) is 30.3 Å². The number of nitrogens with zero attached hydrogens (tertiary/aromatic N) is 4. The highest BCUT2D eigenvalue weighted by molar-refractivity contribution is 7.08. The van der Waals surface area contributed by atoms with Gasteiger partial charge < -0.3 is 10.3 Å². The van der Waals surface area contributed by atoms with Crippen LogP contribution in [-0.4, -0.2) is 36.0 Å². The van der Waals surface area contributed by atoms with Crippen LogP contribution >= 0.6 is 11.3 Å². The van der Waals surface area contributed by atoms with Gasteiger partial charge in [0.1, 0.15) is 16.9 Å². The number of rotatable bonds is 6. The maximum atomic E-state index is 12.6. The zero-order valence-corrected chi connectivity index (χ0v) is 21.4. The predicted molar refractivity (Wildman–Crippen MR) is 154 cm³/mol. The minimum atomic E-state index is -0.102. The minimum absolute atomic E-state index is 0.102. The van der Waals surface area contributed by atoms with Gasteiger partial charge in [0.15, 0.2) is 0 Å². The molecule has 1 amide bonds. The minimum Gasteiger partial charge on any atom is -0.338 e. The van der Waals surface area contributed by atoms with Gasteiger partial charge in [-0.2, -0.15) is 16.4 Å². The number of amides is 1. The maximum Gasteiger partial charge on any atom is 0.228 e. The molecule has 0 spiro atoms. The predicted octanol–water partition coefficient (Wildman–Crippen LogP) is 6.47. The highest BCUT2D eigenvalue weighted by Gasteiger charge is 2.16. The van der Waals surface area contributed by atoms with Crippen LogP contribution in [0.1, 0.15) is 5.56 Å². The average molecular weight is 528 g/mol. The van der Waals surface area contributed by atoms with Crippen molar-refractivity contribution in [3.63, 3.8) is 0 Å². The van der Waals surface area contributed by atoms with E-state index in [-0.39, 0.29) is 5.91 Å². The lowest BCUT2D eigenvalue weighted by Crippen LogP contribution is -2.14. The standard InChI is InChI=1S/C30H21N7OS/c38-27(12-18-4-2-1-3-5-18)33-21-13-20(15-31-16-21)24-6-7-25-28(34-24)29(37-36-25)26-14-23-22(19-9-11-39-17-19)8-10-32-30(23)35-26/h1-11,13-17H,12H2,(H,32,35)(H,33,38)(H,36,37). The summed E-state index contributed by atoms with van der Waals surface area (Å²) in [6.45, 7) is 0. The third-order valence-electron chi connectivity index (χ3n) is 6.55. The van der Waals surface area contributed by atoms with Crippen LogP contribution in [0.25, 0.3) is 55.8 Å². The first-order chi connectivity index (χ1) is 19.2. The molecule has 0 aliphatic carbocycles. The highest BCUT2D eigenvalue weighted by Crippen LogP contribution is 2.34. The largest absolute Gasteiger partial charge is 0.338 e. The Balaban J connectivity index is 1.21. The molecule has 0 aliphatic heterocycles. The summed E-state index contributed by atoms with van der Waals surface area (Å²) >= 11 is 1.67. The van der Waals surface area contributed by atoms with E-state index in [1.807, 2.05) is 60.8 Å². The first kappa shape index (κ1) is 23.0. The number of aromatic amines is 2. The number of carbonyl (C=O) groups is 1. The van der Waals surface area contributed by atoms with E-state index in [0.717, 1.165) is 55.7 Å². The number of aromatic nitrogens is 6. The first-order valence-electron chi connectivity index (χ1n) is 12.4. The van der Waals surface area contributed by atoms with E-state index in [9.17, 15) is 4.79 Å². The summed E-state index contributed by atoms with van der Waals surface area (Å²) in [6.07, 6.45) is 5.48. The molecule has 0 aliphatic rings. The Labute approximate surface area is 226 Å². The molecular weight excluding hydrogens is 506 g/mol. The first-order valence-corrected chi connectivity index (χ1v) is 13.3. The Morgan fingerprint density at radius 2 is 1.90 bits per heavy atom. The molecule has 0 unspecified atom stereocenters. The van der Waals surface area contributed by atoms with Gasteiger partial charge in [0.25, 0.3) is 0 Å². The van der Waals surface area contributed by atoms with Crippen molar-refractivity contribution in [3.05, 3.63) is 102 Å². The molecule has 6 heterocycles. The quantitative estimate of drug-likeness (QED) is 0.229. The lowest BCUT2D eigenvalue weighted by atomic mass is 10.1. The monoisotopic (exact) mass is 527 g/mol. The summed E-state index contributed by atoms with van der Waals surface area (Å²) in [6, 6.07) is 21.6. The third kappa shape index (κ3) is 4.45. The van der Waals surface area contributed by atoms with Crippen LogP contribution in [0.4, 0.5) is 5.69 Å². The molecule has 0 atom stereocenters. The fraction of sp³-hybridized carbons (Fsp3) is 0.0333. The SMILES string of the molecule is O=C(Cc1ccccc1)Nc1cncc(-c2ccc3[nH]nc(-c4cc5c(-c6ccsc6)ccnc5[nH]4)c3n2)c1. The van der Waals surface area contributed by atoms with E-state index in [1.165, 1.54) is 0 Å². The number of benzene rings is 1. The van der Waals surface area contributed by atoms with Crippen LogP contribution in [0.5, 0.6) is 0 Å². The number of H-pyrrole nitrogens is 2. The molecule has 188 valence electrons. The van der Waals surface area contributed by atoms with E-state index in [0.29, 0.717) is 17.8 Å². The molecule has 0 radical (unpaired) electrons. The molecule has 9 heteroatoms. The van der Waals surface area contributed by atoms with Crippen LogP contribution in [-0.2, 0) is 11.2 Å². The molecule has 8 nitrogen and oxygen atoms in total. The Kier molecular flexibility index (Phi) is 5.68. The normalized spacial score (nSPS) is 11.3. The maximum absolute atomic E-state index is 12.6. The van der Waals surface area contributed by atoms with Gasteiger partial charge in [-0.05, 0) is 63.8 Å². The van der Waals surface area contributed by atoms with Crippen molar-refractivity contribution >= 4 is 45.0 Å². The second-order valence-electron chi connectivity index (χ2n) is 9.15. The zero-order valence-electron chi connectivity index (χ0n) is 20.6. The molecule has 6 aromatic heterocycles. The number of fused-ring (bicyclic) bond motifs is 2. The zero-order chi connectivity index (χ0) is 26.2. The molecule has 0 saturated heterocycles. The van der Waals surface area contributed by atoms with E-state index in [4.69, 9.17) is 4.98 Å². The summed E-state index contributed by atoms with van der Waals surface area (Å²) in [4.78, 5) is 29.8. The topological polar surface area (TPSA) is 112 Å². The molecule has 1 aromatic carbocycles. The van der Waals surface area contributed by atoms with Crippen molar-refractivity contribution in [2.75, 3.05) is 5.32 Å². The van der Waals surface area contributed by atoms with Crippen LogP contribution in [0.2, 0.25) is 0 Å². The summed E-state index contributed by atoms with van der Waals surface area (Å²) in [7, 11) is 0. The van der Waals surface area contributed by atoms with Gasteiger partial charge in [-0.25, -0.2) is 9.97 Å². The van der Waals surface area contributed by atoms with Crippen LogP contribution < -0.4 is 5.32 Å². The second kappa shape index (κ2) is 9.62. The van der Waals surface area contributed by atoms with Crippen molar-refractivity contribution in [2.45, 2.75) is 6.42 Å². The number of pyridine rings is 3. The van der Waals surface area contributed by atoms with Crippen LogP contribution in [0, 0.1) is 0 Å². The van der Waals surface area contributed by atoms with E-state index >= 15 is 0 Å². The number of carbonyl (C=O) groups excluding carboxylic acids is 1. The van der Waals surface area contributed by atoms with Gasteiger partial charge in [0.2, 0.25) is 5.91 Å². The summed E-state index contributed by atoms with van der Waals surface area (Å²) in [5.74, 6) is -0.102. The number of thiophene rings is 1. The van der Waals surface area contributed by atoms with Crippen molar-refractivity contribution in [1.82, 2.24) is 30.1 Å². The van der Waals surface area contributed by atoms with Gasteiger partial charge in [-0.15, -0.1) is 0 Å². The lowest BCUT2D eigenvalue weighted by Gasteiger charge is -2.07. The van der Waals surface area contributed by atoms with Gasteiger partial charge in [0, 0.05) is 23.3 Å². The Morgan fingerprint density at radius 3 is 2.77 bits per heavy atom. The Bertz CT molecular complexity index is 1940. The van der Waals surface area contributed by atoms with Crippen LogP contribution in [0.15, 0.2) is 96.1 Å². The van der Waals surface area contributed by atoms with Crippen LogP contribution in [0.3, 0.4) is 0 Å². The van der Waals surface area contributed by atoms with E-state index in [2.05, 4.69) is 53.4 Å². The molecule has 7 rings (SSSR count). The number of hydrogen-bond donors (Lipinski definition) is 3. The molecule has 0 fully saturated rings. The molecule has 7 aromatic rings. The second-order valence-corrected chi connectivity index (χ2v) is 9.93. The smallest absolute Gasteiger partial charge is 0.228 e. The molecular formula is C30H21N7OS. The van der Waals surface area contributed by atoms with Crippen molar-refractivity contribution in [2.24, 2.45) is 0 Å². The Morgan fingerprint density at radius 1 is 0.974 bits per heavy atom. The summed E-state index contributed by atoms with van der Waals surface area (Å²) in [5.41, 5.74) is 9.25. The van der Waals surface area contributed by atoms with Crippen molar-refractivity contribution in [3.8, 4) is 33.8 Å². The lowest BCUT2D eigenvalue weighted by molar-refractivity contribution is -0.115. The summed E-state index contributed by atoms with van der Waals surface area (Å²) < 4.78 is 0. The summed E-state index contributed by atoms with van der Waals surface area (Å²) in [5, 5.41) is 15.8. The fourth-order valence-corrected chi connectivity index (χ4v) is 5.36. The number of hydrogen-bond acceptors (Lipinski definition) is 6. The molecule has 39 heavy (non-hydrogen) atoms. The fourth-order valence-electron chi connectivity index (χ4n) is 4.71.